The lowest BCUT2D eigenvalue weighted by Gasteiger charge is -2.36. The summed E-state index contributed by atoms with van der Waals surface area (Å²) in [5.74, 6) is 1.03. The van der Waals surface area contributed by atoms with Crippen molar-refractivity contribution in [1.82, 2.24) is 15.5 Å². The molecule has 1 amide bonds. The zero-order valence-electron chi connectivity index (χ0n) is 16.9. The molecule has 1 saturated heterocycles. The van der Waals surface area contributed by atoms with Crippen molar-refractivity contribution in [2.75, 3.05) is 50.7 Å². The number of hydrogen-bond donors (Lipinski definition) is 2. The first-order valence-corrected chi connectivity index (χ1v) is 10.3. The van der Waals surface area contributed by atoms with Crippen LogP contribution in [0.3, 0.4) is 0 Å². The van der Waals surface area contributed by atoms with Crippen LogP contribution >= 0.6 is 0 Å². The minimum atomic E-state index is 0.219. The molecule has 150 valence electrons. The summed E-state index contributed by atoms with van der Waals surface area (Å²) in [6, 6.07) is 10.4. The average Bonchev–Trinajstić information content (AvgIpc) is 2.72. The number of guanidine groups is 1. The number of anilines is 1. The van der Waals surface area contributed by atoms with Gasteiger partial charge in [0.2, 0.25) is 5.91 Å². The molecule has 0 saturated carbocycles. The van der Waals surface area contributed by atoms with Gasteiger partial charge in [0.25, 0.3) is 0 Å². The minimum Gasteiger partial charge on any atom is -0.368 e. The van der Waals surface area contributed by atoms with Crippen LogP contribution in [0.4, 0.5) is 5.69 Å². The normalized spacial score (nSPS) is 15.0. The minimum absolute atomic E-state index is 0.219. The molecular weight excluding hydrogens is 338 g/mol. The monoisotopic (exact) mass is 373 g/mol. The Labute approximate surface area is 164 Å². The molecule has 6 nitrogen and oxygen atoms in total. The first-order chi connectivity index (χ1) is 13.2. The van der Waals surface area contributed by atoms with E-state index in [1.165, 1.54) is 18.5 Å². The Hall–Kier alpha value is -2.24. The van der Waals surface area contributed by atoms with Crippen LogP contribution in [0.1, 0.15) is 39.5 Å². The molecule has 1 heterocycles. The predicted octanol–water partition coefficient (Wildman–Crippen LogP) is 2.47. The van der Waals surface area contributed by atoms with Crippen molar-refractivity contribution in [2.45, 2.75) is 39.5 Å². The number of aliphatic imine (C=N–C) groups is 1. The van der Waals surface area contributed by atoms with Gasteiger partial charge in [0.1, 0.15) is 0 Å². The second-order valence-electron chi connectivity index (χ2n) is 6.85. The number of rotatable bonds is 9. The Bertz CT molecular complexity index is 567. The summed E-state index contributed by atoms with van der Waals surface area (Å²) in [7, 11) is 0. The van der Waals surface area contributed by atoms with E-state index in [1.807, 2.05) is 11.0 Å². The molecule has 1 aromatic rings. The summed E-state index contributed by atoms with van der Waals surface area (Å²) in [6.07, 6.45) is 4.02. The van der Waals surface area contributed by atoms with Gasteiger partial charge in [-0.05, 0) is 25.5 Å². The lowest BCUT2D eigenvalue weighted by molar-refractivity contribution is -0.131. The van der Waals surface area contributed by atoms with E-state index >= 15 is 0 Å². The molecule has 0 radical (unpaired) electrons. The third kappa shape index (κ3) is 7.49. The highest BCUT2D eigenvalue weighted by Gasteiger charge is 2.20. The molecule has 2 rings (SSSR count). The smallest absolute Gasteiger partial charge is 0.224 e. The maximum Gasteiger partial charge on any atom is 0.224 e. The standard InChI is InChI=1S/C21H35N5O/c1-3-5-9-13-23-21(22-4-2)24-14-12-20(27)26-17-15-25(16-18-26)19-10-7-6-8-11-19/h6-8,10-11H,3-5,9,12-18H2,1-2H3,(H2,22,23,24). The quantitative estimate of drug-likeness (QED) is 0.397. The zero-order chi connectivity index (χ0) is 19.3. The molecule has 0 unspecified atom stereocenters. The van der Waals surface area contributed by atoms with Gasteiger partial charge in [-0.2, -0.15) is 0 Å². The van der Waals surface area contributed by atoms with Crippen molar-refractivity contribution in [2.24, 2.45) is 4.99 Å². The second-order valence-corrected chi connectivity index (χ2v) is 6.85. The molecule has 0 spiro atoms. The lowest BCUT2D eigenvalue weighted by atomic mass is 10.2. The topological polar surface area (TPSA) is 60.0 Å². The number of piperazine rings is 1. The van der Waals surface area contributed by atoms with Gasteiger partial charge in [0.05, 0.1) is 0 Å². The van der Waals surface area contributed by atoms with Crippen molar-refractivity contribution in [3.8, 4) is 0 Å². The Balaban J connectivity index is 1.69. The third-order valence-corrected chi connectivity index (χ3v) is 4.76. The number of nitrogens with one attached hydrogen (secondary N) is 2. The number of para-hydroxylation sites is 1. The fourth-order valence-corrected chi connectivity index (χ4v) is 3.19. The molecule has 0 aliphatic carbocycles. The van der Waals surface area contributed by atoms with Gasteiger partial charge >= 0.3 is 0 Å². The summed E-state index contributed by atoms with van der Waals surface area (Å²) in [4.78, 5) is 21.4. The summed E-state index contributed by atoms with van der Waals surface area (Å²) in [5, 5.41) is 6.53. The molecule has 1 aliphatic heterocycles. The summed E-state index contributed by atoms with van der Waals surface area (Å²) >= 11 is 0. The van der Waals surface area contributed by atoms with E-state index in [0.717, 1.165) is 51.6 Å². The van der Waals surface area contributed by atoms with Gasteiger partial charge in [-0.15, -0.1) is 0 Å². The van der Waals surface area contributed by atoms with Gasteiger partial charge in [0, 0.05) is 57.9 Å². The van der Waals surface area contributed by atoms with Gasteiger partial charge in [-0.3, -0.25) is 9.79 Å². The maximum atomic E-state index is 12.5. The number of unbranched alkanes of at least 4 members (excludes halogenated alkanes) is 2. The van der Waals surface area contributed by atoms with Crippen molar-refractivity contribution < 1.29 is 4.79 Å². The molecule has 6 heteroatoms. The third-order valence-electron chi connectivity index (χ3n) is 4.76. The first kappa shape index (κ1) is 21.1. The number of amides is 1. The Morgan fingerprint density at radius 1 is 1.04 bits per heavy atom. The molecule has 0 aromatic heterocycles. The van der Waals surface area contributed by atoms with Gasteiger partial charge in [-0.25, -0.2) is 0 Å². The van der Waals surface area contributed by atoms with E-state index in [4.69, 9.17) is 0 Å². The summed E-state index contributed by atoms with van der Waals surface area (Å²) < 4.78 is 0. The van der Waals surface area contributed by atoms with Crippen LogP contribution in [0.2, 0.25) is 0 Å². The number of carbonyl (C=O) groups excluding carboxylic acids is 1. The van der Waals surface area contributed by atoms with E-state index in [1.54, 1.807) is 0 Å². The van der Waals surface area contributed by atoms with Crippen molar-refractivity contribution >= 4 is 17.6 Å². The molecule has 27 heavy (non-hydrogen) atoms. The van der Waals surface area contributed by atoms with Gasteiger partial charge < -0.3 is 20.4 Å². The van der Waals surface area contributed by atoms with Crippen molar-refractivity contribution in [3.63, 3.8) is 0 Å². The predicted molar refractivity (Wildman–Crippen MR) is 113 cm³/mol. The van der Waals surface area contributed by atoms with Crippen molar-refractivity contribution in [1.29, 1.82) is 0 Å². The Morgan fingerprint density at radius 2 is 1.78 bits per heavy atom. The number of nitrogens with zero attached hydrogens (tertiary/aromatic N) is 3. The fourth-order valence-electron chi connectivity index (χ4n) is 3.19. The van der Waals surface area contributed by atoms with Gasteiger partial charge in [0.15, 0.2) is 5.96 Å². The lowest BCUT2D eigenvalue weighted by Crippen LogP contribution is -2.49. The van der Waals surface area contributed by atoms with E-state index in [0.29, 0.717) is 13.0 Å². The highest BCUT2D eigenvalue weighted by Crippen LogP contribution is 2.15. The van der Waals surface area contributed by atoms with E-state index in [9.17, 15) is 4.79 Å². The molecule has 0 atom stereocenters. The van der Waals surface area contributed by atoms with Gasteiger partial charge in [-0.1, -0.05) is 38.0 Å². The van der Waals surface area contributed by atoms with Crippen LogP contribution in [0.25, 0.3) is 0 Å². The molecule has 0 bridgehead atoms. The van der Waals surface area contributed by atoms with Crippen LogP contribution in [0.15, 0.2) is 35.3 Å². The molecule has 2 N–H and O–H groups in total. The largest absolute Gasteiger partial charge is 0.368 e. The average molecular weight is 374 g/mol. The highest BCUT2D eigenvalue weighted by atomic mass is 16.2. The summed E-state index contributed by atoms with van der Waals surface area (Å²) in [5.41, 5.74) is 1.24. The van der Waals surface area contributed by atoms with E-state index in [2.05, 4.69) is 58.6 Å². The van der Waals surface area contributed by atoms with E-state index in [-0.39, 0.29) is 5.91 Å². The molecule has 1 aromatic carbocycles. The van der Waals surface area contributed by atoms with Crippen LogP contribution in [-0.2, 0) is 4.79 Å². The number of carbonyl (C=O) groups is 1. The SMILES string of the molecule is CCCCCN=C(NCC)NCCC(=O)N1CCN(c2ccccc2)CC1. The second kappa shape index (κ2) is 12.2. The molecule has 1 aliphatic rings. The van der Waals surface area contributed by atoms with Crippen LogP contribution in [0.5, 0.6) is 0 Å². The molecular formula is C21H35N5O. The van der Waals surface area contributed by atoms with Crippen LogP contribution in [-0.4, -0.2) is 62.6 Å². The first-order valence-electron chi connectivity index (χ1n) is 10.3. The van der Waals surface area contributed by atoms with Crippen LogP contribution < -0.4 is 15.5 Å². The maximum absolute atomic E-state index is 12.5. The van der Waals surface area contributed by atoms with E-state index < -0.39 is 0 Å². The molecule has 1 fully saturated rings. The van der Waals surface area contributed by atoms with Crippen LogP contribution in [0, 0.1) is 0 Å². The highest BCUT2D eigenvalue weighted by molar-refractivity contribution is 5.81. The summed E-state index contributed by atoms with van der Waals surface area (Å²) in [6.45, 7) is 9.90. The Morgan fingerprint density at radius 3 is 2.44 bits per heavy atom. The fraction of sp³-hybridized carbons (Fsp3) is 0.619. The Kier molecular flexibility index (Phi) is 9.52. The number of benzene rings is 1. The van der Waals surface area contributed by atoms with Crippen molar-refractivity contribution in [3.05, 3.63) is 30.3 Å². The zero-order valence-corrected chi connectivity index (χ0v) is 16.9. The number of hydrogen-bond acceptors (Lipinski definition) is 3.